The third-order valence-corrected chi connectivity index (χ3v) is 7.65. The van der Waals surface area contributed by atoms with Crippen LogP contribution in [0, 0.1) is 0 Å². The van der Waals surface area contributed by atoms with Crippen LogP contribution in [0.25, 0.3) is 0 Å². The second kappa shape index (κ2) is 10.1. The minimum atomic E-state index is -0.895. The molecule has 2 N–H and O–H groups in total. The summed E-state index contributed by atoms with van der Waals surface area (Å²) in [6.07, 6.45) is 3.95. The Morgan fingerprint density at radius 2 is 1.42 bits per heavy atom. The lowest BCUT2D eigenvalue weighted by Crippen LogP contribution is -2.51. The highest BCUT2D eigenvalue weighted by molar-refractivity contribution is 8.76. The van der Waals surface area contributed by atoms with Crippen molar-refractivity contribution in [1.29, 1.82) is 0 Å². The van der Waals surface area contributed by atoms with Gasteiger partial charge in [0, 0.05) is 20.5 Å². The fourth-order valence-corrected chi connectivity index (χ4v) is 5.77. The quantitative estimate of drug-likeness (QED) is 0.369. The zero-order chi connectivity index (χ0) is 23.5. The van der Waals surface area contributed by atoms with E-state index in [0.29, 0.717) is 12.1 Å². The van der Waals surface area contributed by atoms with Crippen LogP contribution in [-0.4, -0.2) is 98.0 Å². The molecule has 0 fully saturated rings. The molecule has 172 valence electrons. The Bertz CT molecular complexity index is 934. The van der Waals surface area contributed by atoms with Crippen molar-refractivity contribution in [3.05, 3.63) is 24.0 Å². The van der Waals surface area contributed by atoms with Crippen LogP contribution < -0.4 is 0 Å². The van der Waals surface area contributed by atoms with E-state index in [9.17, 15) is 19.8 Å². The standard InChI is InChI=1S/C19H30N6O4S2/c1-22(2)14(18(26)27)8-12-16(23(3)10-20-12)30-31-17-13(21-11-24(17)4)9-15(19(28)29)25(5,6)7/h10-11,14-15H,8-9H2,1-7H3,(H-,26,27,28,29)/p+1/t14-,15-/m0/s1. The first-order valence-corrected chi connectivity index (χ1v) is 11.8. The van der Waals surface area contributed by atoms with Gasteiger partial charge in [-0.05, 0) is 35.7 Å². The van der Waals surface area contributed by atoms with E-state index in [-0.39, 0.29) is 10.9 Å². The summed E-state index contributed by atoms with van der Waals surface area (Å²) < 4.78 is 4.03. The molecule has 0 saturated heterocycles. The third kappa shape index (κ3) is 6.25. The maximum absolute atomic E-state index is 11.8. The van der Waals surface area contributed by atoms with Gasteiger partial charge in [0.2, 0.25) is 0 Å². The molecular formula is C19H31N6O4S2+. The van der Waals surface area contributed by atoms with Crippen LogP contribution in [0.3, 0.4) is 0 Å². The van der Waals surface area contributed by atoms with Gasteiger partial charge in [-0.15, -0.1) is 0 Å². The van der Waals surface area contributed by atoms with Crippen molar-refractivity contribution in [2.45, 2.75) is 35.0 Å². The summed E-state index contributed by atoms with van der Waals surface area (Å²) in [6, 6.07) is -1.30. The van der Waals surface area contributed by atoms with Crippen molar-refractivity contribution in [3.8, 4) is 0 Å². The average molecular weight is 472 g/mol. The number of carboxylic acids is 2. The molecule has 0 aromatic carbocycles. The predicted molar refractivity (Wildman–Crippen MR) is 120 cm³/mol. The Hall–Kier alpha value is -2.02. The summed E-state index contributed by atoms with van der Waals surface area (Å²) in [7, 11) is 15.7. The molecule has 2 rings (SSSR count). The highest BCUT2D eigenvalue weighted by Gasteiger charge is 2.33. The lowest BCUT2D eigenvalue weighted by atomic mass is 10.1. The first-order chi connectivity index (χ1) is 14.3. The molecule has 0 aliphatic heterocycles. The number of aromatic nitrogens is 4. The number of rotatable bonds is 11. The molecule has 2 atom stereocenters. The van der Waals surface area contributed by atoms with Crippen molar-refractivity contribution in [1.82, 2.24) is 24.0 Å². The van der Waals surface area contributed by atoms with Gasteiger partial charge in [0.25, 0.3) is 0 Å². The van der Waals surface area contributed by atoms with E-state index >= 15 is 0 Å². The van der Waals surface area contributed by atoms with Gasteiger partial charge in [0.15, 0.2) is 6.04 Å². The predicted octanol–water partition coefficient (Wildman–Crippen LogP) is 1.21. The number of aliphatic carboxylic acids is 2. The van der Waals surface area contributed by atoms with E-state index in [2.05, 4.69) is 9.97 Å². The summed E-state index contributed by atoms with van der Waals surface area (Å²) in [5.41, 5.74) is 1.43. The molecule has 0 saturated carbocycles. The van der Waals surface area contributed by atoms with Crippen LogP contribution in [0.15, 0.2) is 22.7 Å². The summed E-state index contributed by atoms with van der Waals surface area (Å²) in [6.45, 7) is 0. The van der Waals surface area contributed by atoms with Gasteiger partial charge in [0.1, 0.15) is 16.1 Å². The molecular weight excluding hydrogens is 440 g/mol. The average Bonchev–Trinajstić information content (AvgIpc) is 3.16. The normalized spacial score (nSPS) is 14.1. The van der Waals surface area contributed by atoms with E-state index in [1.165, 1.54) is 21.6 Å². The first-order valence-electron chi connectivity index (χ1n) is 9.61. The van der Waals surface area contributed by atoms with E-state index < -0.39 is 24.0 Å². The van der Waals surface area contributed by atoms with Gasteiger partial charge in [0.05, 0.1) is 51.6 Å². The number of quaternary nitrogens is 1. The number of hydrogen-bond donors (Lipinski definition) is 2. The lowest BCUT2D eigenvalue weighted by Gasteiger charge is -2.30. The minimum Gasteiger partial charge on any atom is -0.480 e. The monoisotopic (exact) mass is 471 g/mol. The molecule has 2 heterocycles. The molecule has 10 nitrogen and oxygen atoms in total. The fraction of sp³-hybridized carbons (Fsp3) is 0.579. The summed E-state index contributed by atoms with van der Waals surface area (Å²) in [4.78, 5) is 33.9. The Balaban J connectivity index is 2.24. The summed E-state index contributed by atoms with van der Waals surface area (Å²) in [5.74, 6) is -1.76. The molecule has 0 bridgehead atoms. The number of carboxylic acid groups (broad SMARTS) is 2. The van der Waals surface area contributed by atoms with Gasteiger partial charge < -0.3 is 23.8 Å². The number of nitrogens with zero attached hydrogens (tertiary/aromatic N) is 6. The van der Waals surface area contributed by atoms with Crippen LogP contribution in [0.4, 0.5) is 0 Å². The van der Waals surface area contributed by atoms with Gasteiger partial charge in [-0.1, -0.05) is 0 Å². The van der Waals surface area contributed by atoms with E-state index in [1.54, 1.807) is 31.6 Å². The number of hydrogen-bond acceptors (Lipinski definition) is 7. The summed E-state index contributed by atoms with van der Waals surface area (Å²) in [5, 5.41) is 20.9. The van der Waals surface area contributed by atoms with Crippen LogP contribution in [-0.2, 0) is 36.5 Å². The minimum absolute atomic E-state index is 0.285. The Morgan fingerprint density at radius 1 is 0.968 bits per heavy atom. The second-order valence-electron chi connectivity index (χ2n) is 8.58. The topological polar surface area (TPSA) is 113 Å². The van der Waals surface area contributed by atoms with Gasteiger partial charge in [-0.25, -0.2) is 14.8 Å². The van der Waals surface area contributed by atoms with Crippen molar-refractivity contribution in [2.24, 2.45) is 14.1 Å². The smallest absolute Gasteiger partial charge is 0.362 e. The lowest BCUT2D eigenvalue weighted by molar-refractivity contribution is -0.887. The molecule has 0 radical (unpaired) electrons. The van der Waals surface area contributed by atoms with E-state index in [1.807, 2.05) is 44.4 Å². The van der Waals surface area contributed by atoms with Gasteiger partial charge in [-0.3, -0.25) is 9.69 Å². The van der Waals surface area contributed by atoms with Crippen LogP contribution in [0.1, 0.15) is 11.4 Å². The molecule has 0 spiro atoms. The SMILES string of the molecule is CN(C)[C@@H](Cc1ncn(C)c1SSc1c(C[C@@H](C(=O)O)[N+](C)(C)C)ncn1C)C(=O)O. The Labute approximate surface area is 190 Å². The van der Waals surface area contributed by atoms with Gasteiger partial charge in [-0.2, -0.15) is 0 Å². The van der Waals surface area contributed by atoms with Crippen LogP contribution in [0.2, 0.25) is 0 Å². The maximum Gasteiger partial charge on any atom is 0.362 e. The largest absolute Gasteiger partial charge is 0.480 e. The summed E-state index contributed by atoms with van der Waals surface area (Å²) >= 11 is 0. The van der Waals surface area contributed by atoms with Crippen LogP contribution >= 0.6 is 21.6 Å². The van der Waals surface area contributed by atoms with Crippen LogP contribution in [0.5, 0.6) is 0 Å². The Morgan fingerprint density at radius 3 is 1.77 bits per heavy atom. The Kier molecular flexibility index (Phi) is 8.20. The molecule has 0 unspecified atom stereocenters. The fourth-order valence-electron chi connectivity index (χ4n) is 3.06. The van der Waals surface area contributed by atoms with Crippen molar-refractivity contribution >= 4 is 33.5 Å². The highest BCUT2D eigenvalue weighted by Crippen LogP contribution is 2.40. The van der Waals surface area contributed by atoms with Crippen molar-refractivity contribution < 1.29 is 24.3 Å². The molecule has 2 aromatic rings. The number of aryl methyl sites for hydroxylation is 2. The number of carbonyl (C=O) groups is 2. The van der Waals surface area contributed by atoms with Crippen molar-refractivity contribution in [3.63, 3.8) is 0 Å². The first kappa shape index (κ1) is 25.2. The molecule has 0 amide bonds. The molecule has 0 aliphatic carbocycles. The number of imidazole rings is 2. The van der Waals surface area contributed by atoms with Gasteiger partial charge >= 0.3 is 11.9 Å². The molecule has 2 aromatic heterocycles. The second-order valence-corrected chi connectivity index (χ2v) is 10.7. The molecule has 0 aliphatic rings. The van der Waals surface area contributed by atoms with Crippen molar-refractivity contribution in [2.75, 3.05) is 35.2 Å². The zero-order valence-electron chi connectivity index (χ0n) is 18.9. The van der Waals surface area contributed by atoms with E-state index in [4.69, 9.17) is 0 Å². The third-order valence-electron chi connectivity index (χ3n) is 5.01. The molecule has 12 heteroatoms. The number of likely N-dealkylation sites (N-methyl/N-ethyl adjacent to an activating group) is 2. The highest BCUT2D eigenvalue weighted by atomic mass is 33.1. The molecule has 31 heavy (non-hydrogen) atoms. The maximum atomic E-state index is 11.8. The van der Waals surface area contributed by atoms with E-state index in [0.717, 1.165) is 15.7 Å². The zero-order valence-corrected chi connectivity index (χ0v) is 20.6.